The van der Waals surface area contributed by atoms with Crippen molar-refractivity contribution in [3.8, 4) is 0 Å². The number of oxazole rings is 1. The molecule has 0 unspecified atom stereocenters. The lowest BCUT2D eigenvalue weighted by atomic mass is 10.2. The molecule has 0 aliphatic carbocycles. The summed E-state index contributed by atoms with van der Waals surface area (Å²) < 4.78 is 12.3. The predicted molar refractivity (Wildman–Crippen MR) is 103 cm³/mol. The summed E-state index contributed by atoms with van der Waals surface area (Å²) in [5, 5.41) is 3.97. The molecular weight excluding hydrogens is 348 g/mol. The summed E-state index contributed by atoms with van der Waals surface area (Å²) in [6.07, 6.45) is 0. The first-order valence-corrected chi connectivity index (χ1v) is 9.47. The maximum absolute atomic E-state index is 5.72. The van der Waals surface area contributed by atoms with Crippen LogP contribution in [0.3, 0.4) is 0 Å². The number of rotatable bonds is 4. The number of nitrogens with one attached hydrogen (secondary N) is 1. The first kappa shape index (κ1) is 15.7. The number of thiazole rings is 1. The van der Waals surface area contributed by atoms with Crippen molar-refractivity contribution in [2.75, 3.05) is 31.6 Å². The van der Waals surface area contributed by atoms with Crippen LogP contribution in [0.4, 0.5) is 11.1 Å². The van der Waals surface area contributed by atoms with Crippen LogP contribution in [0.15, 0.2) is 46.9 Å². The molecule has 0 spiro atoms. The molecule has 2 aromatic carbocycles. The number of fused-ring (bicyclic) bond motifs is 2. The molecule has 0 saturated carbocycles. The van der Waals surface area contributed by atoms with Crippen LogP contribution >= 0.6 is 11.3 Å². The third kappa shape index (κ3) is 3.16. The molecule has 1 aliphatic rings. The van der Waals surface area contributed by atoms with Gasteiger partial charge in [-0.2, -0.15) is 4.98 Å². The second-order valence-electron chi connectivity index (χ2n) is 6.32. The molecule has 0 amide bonds. The standard InChI is InChI=1S/C19H18N4O2S/c1-2-4-16-14(3-1)20-18(25-16)22-19-21-15-6-5-13(11-17(15)26-19)12-23-7-9-24-10-8-23/h1-6,11H,7-10,12H2,(H,20,21,22). The number of morpholine rings is 1. The van der Waals surface area contributed by atoms with Crippen molar-refractivity contribution in [2.45, 2.75) is 6.54 Å². The molecule has 2 aromatic heterocycles. The van der Waals surface area contributed by atoms with Crippen molar-refractivity contribution in [1.29, 1.82) is 0 Å². The van der Waals surface area contributed by atoms with E-state index in [0.29, 0.717) is 6.01 Å². The molecule has 26 heavy (non-hydrogen) atoms. The molecule has 1 fully saturated rings. The Bertz CT molecular complexity index is 1020. The Morgan fingerprint density at radius 1 is 1.04 bits per heavy atom. The van der Waals surface area contributed by atoms with Crippen LogP contribution in [0.5, 0.6) is 0 Å². The van der Waals surface area contributed by atoms with Gasteiger partial charge in [0.2, 0.25) is 0 Å². The lowest BCUT2D eigenvalue weighted by molar-refractivity contribution is 0.0342. The monoisotopic (exact) mass is 366 g/mol. The highest BCUT2D eigenvalue weighted by Crippen LogP contribution is 2.30. The van der Waals surface area contributed by atoms with Crippen molar-refractivity contribution in [2.24, 2.45) is 0 Å². The van der Waals surface area contributed by atoms with E-state index in [2.05, 4.69) is 38.4 Å². The molecule has 6 nitrogen and oxygen atoms in total. The van der Waals surface area contributed by atoms with Crippen molar-refractivity contribution in [1.82, 2.24) is 14.9 Å². The molecule has 0 atom stereocenters. The van der Waals surface area contributed by atoms with Crippen LogP contribution < -0.4 is 5.32 Å². The molecule has 0 bridgehead atoms. The van der Waals surface area contributed by atoms with E-state index in [9.17, 15) is 0 Å². The molecule has 4 aromatic rings. The Kier molecular flexibility index (Phi) is 4.05. The van der Waals surface area contributed by atoms with Crippen molar-refractivity contribution >= 4 is 43.8 Å². The molecule has 7 heteroatoms. The van der Waals surface area contributed by atoms with E-state index >= 15 is 0 Å². The predicted octanol–water partition coefficient (Wildman–Crippen LogP) is 4.01. The topological polar surface area (TPSA) is 63.4 Å². The second kappa shape index (κ2) is 6.68. The van der Waals surface area contributed by atoms with E-state index in [1.165, 1.54) is 5.56 Å². The number of aromatic nitrogens is 2. The quantitative estimate of drug-likeness (QED) is 0.589. The van der Waals surface area contributed by atoms with E-state index in [0.717, 1.165) is 59.3 Å². The molecule has 1 saturated heterocycles. The van der Waals surface area contributed by atoms with Gasteiger partial charge in [0.05, 0.1) is 23.4 Å². The Balaban J connectivity index is 1.37. The number of benzene rings is 2. The molecule has 1 aliphatic heterocycles. The van der Waals surface area contributed by atoms with Gasteiger partial charge in [-0.3, -0.25) is 10.2 Å². The number of para-hydroxylation sites is 2. The van der Waals surface area contributed by atoms with Gasteiger partial charge in [-0.25, -0.2) is 4.98 Å². The molecule has 5 rings (SSSR count). The van der Waals surface area contributed by atoms with Gasteiger partial charge >= 0.3 is 6.01 Å². The summed E-state index contributed by atoms with van der Waals surface area (Å²) >= 11 is 1.61. The number of hydrogen-bond donors (Lipinski definition) is 1. The summed E-state index contributed by atoms with van der Waals surface area (Å²) in [7, 11) is 0. The average molecular weight is 366 g/mol. The van der Waals surface area contributed by atoms with Gasteiger partial charge in [0, 0.05) is 19.6 Å². The van der Waals surface area contributed by atoms with Gasteiger partial charge in [0.25, 0.3) is 0 Å². The van der Waals surface area contributed by atoms with Crippen LogP contribution in [0.25, 0.3) is 21.3 Å². The van der Waals surface area contributed by atoms with Crippen molar-refractivity contribution < 1.29 is 9.15 Å². The zero-order valence-electron chi connectivity index (χ0n) is 14.1. The third-order valence-corrected chi connectivity index (χ3v) is 5.40. The van der Waals surface area contributed by atoms with Gasteiger partial charge in [0.15, 0.2) is 10.7 Å². The molecule has 1 N–H and O–H groups in total. The summed E-state index contributed by atoms with van der Waals surface area (Å²) in [6.45, 7) is 4.57. The number of hydrogen-bond acceptors (Lipinski definition) is 7. The summed E-state index contributed by atoms with van der Waals surface area (Å²) in [5.74, 6) is 0. The van der Waals surface area contributed by atoms with Gasteiger partial charge in [-0.15, -0.1) is 0 Å². The SMILES string of the molecule is c1ccc2oc(Nc3nc4ccc(CN5CCOCC5)cc4s3)nc2c1. The zero-order chi connectivity index (χ0) is 17.3. The van der Waals surface area contributed by atoms with Crippen LogP contribution in [-0.2, 0) is 11.3 Å². The summed E-state index contributed by atoms with van der Waals surface area (Å²) in [5.41, 5.74) is 3.89. The Hall–Kier alpha value is -2.48. The van der Waals surface area contributed by atoms with E-state index in [-0.39, 0.29) is 0 Å². The first-order valence-electron chi connectivity index (χ1n) is 8.66. The fourth-order valence-electron chi connectivity index (χ4n) is 3.16. The summed E-state index contributed by atoms with van der Waals surface area (Å²) in [4.78, 5) is 11.5. The van der Waals surface area contributed by atoms with Gasteiger partial charge in [-0.05, 0) is 29.8 Å². The highest BCUT2D eigenvalue weighted by Gasteiger charge is 2.13. The van der Waals surface area contributed by atoms with Crippen LogP contribution in [0.2, 0.25) is 0 Å². The van der Waals surface area contributed by atoms with E-state index < -0.39 is 0 Å². The van der Waals surface area contributed by atoms with Crippen LogP contribution in [-0.4, -0.2) is 41.2 Å². The number of ether oxygens (including phenoxy) is 1. The normalized spacial score (nSPS) is 15.7. The lowest BCUT2D eigenvalue weighted by Gasteiger charge is -2.26. The summed E-state index contributed by atoms with van der Waals surface area (Å²) in [6, 6.07) is 14.6. The minimum absolute atomic E-state index is 0.471. The Labute approximate surface area is 154 Å². The Morgan fingerprint density at radius 3 is 2.81 bits per heavy atom. The average Bonchev–Trinajstić information content (AvgIpc) is 3.25. The van der Waals surface area contributed by atoms with Crippen LogP contribution in [0, 0.1) is 0 Å². The Morgan fingerprint density at radius 2 is 1.92 bits per heavy atom. The minimum atomic E-state index is 0.471. The fraction of sp³-hybridized carbons (Fsp3) is 0.263. The maximum atomic E-state index is 5.72. The van der Waals surface area contributed by atoms with Gasteiger partial charge in [0.1, 0.15) is 5.52 Å². The van der Waals surface area contributed by atoms with Gasteiger partial charge in [-0.1, -0.05) is 29.5 Å². The molecule has 0 radical (unpaired) electrons. The van der Waals surface area contributed by atoms with Crippen LogP contribution in [0.1, 0.15) is 5.56 Å². The van der Waals surface area contributed by atoms with Crippen molar-refractivity contribution in [3.63, 3.8) is 0 Å². The van der Waals surface area contributed by atoms with E-state index in [1.54, 1.807) is 11.3 Å². The number of anilines is 2. The number of nitrogens with zero attached hydrogens (tertiary/aromatic N) is 3. The zero-order valence-corrected chi connectivity index (χ0v) is 15.0. The minimum Gasteiger partial charge on any atom is -0.423 e. The van der Waals surface area contributed by atoms with Gasteiger partial charge < -0.3 is 9.15 Å². The molecule has 132 valence electrons. The third-order valence-electron chi connectivity index (χ3n) is 4.47. The first-order chi connectivity index (χ1) is 12.8. The smallest absolute Gasteiger partial charge is 0.302 e. The molecular formula is C19H18N4O2S. The highest BCUT2D eigenvalue weighted by molar-refractivity contribution is 7.22. The van der Waals surface area contributed by atoms with E-state index in [4.69, 9.17) is 9.15 Å². The lowest BCUT2D eigenvalue weighted by Crippen LogP contribution is -2.35. The maximum Gasteiger partial charge on any atom is 0.302 e. The molecule has 3 heterocycles. The fourth-order valence-corrected chi connectivity index (χ4v) is 4.07. The largest absolute Gasteiger partial charge is 0.423 e. The van der Waals surface area contributed by atoms with Crippen molar-refractivity contribution in [3.05, 3.63) is 48.0 Å². The highest BCUT2D eigenvalue weighted by atomic mass is 32.1. The van der Waals surface area contributed by atoms with E-state index in [1.807, 2.05) is 24.3 Å². The second-order valence-corrected chi connectivity index (χ2v) is 7.35.